The Morgan fingerprint density at radius 2 is 1.83 bits per heavy atom. The molecule has 164 valence electrons. The lowest BCUT2D eigenvalue weighted by Gasteiger charge is -2.12. The summed E-state index contributed by atoms with van der Waals surface area (Å²) in [6.45, 7) is 3.70. The van der Waals surface area contributed by atoms with E-state index in [1.54, 1.807) is 0 Å². The van der Waals surface area contributed by atoms with Crippen LogP contribution in [-0.2, 0) is 20.7 Å². The summed E-state index contributed by atoms with van der Waals surface area (Å²) in [5.41, 5.74) is 3.39. The molecule has 0 radical (unpaired) electrons. The first kappa shape index (κ1) is 24.1. The van der Waals surface area contributed by atoms with Gasteiger partial charge >= 0.3 is 5.97 Å². The second-order valence-electron chi connectivity index (χ2n) is 8.33. The number of aliphatic hydroxyl groups excluding tert-OH is 1. The summed E-state index contributed by atoms with van der Waals surface area (Å²) >= 11 is 0. The fraction of sp³-hybridized carbons (Fsp3) is 0.538. The van der Waals surface area contributed by atoms with E-state index in [2.05, 4.69) is 12.1 Å². The van der Waals surface area contributed by atoms with Gasteiger partial charge in [0.2, 0.25) is 0 Å². The smallest absolute Gasteiger partial charge is 0.306 e. The number of esters is 1. The van der Waals surface area contributed by atoms with E-state index in [9.17, 15) is 14.7 Å². The van der Waals surface area contributed by atoms with Crippen molar-refractivity contribution in [3.63, 3.8) is 0 Å². The van der Waals surface area contributed by atoms with E-state index in [1.807, 2.05) is 44.2 Å². The van der Waals surface area contributed by atoms with Crippen LogP contribution in [0, 0.1) is 0 Å². The SMILES string of the molecule is CC(C)OC(=O)CCCC=CCC1=C(CCC(O)CCc2ccccc2)CCC1=O. The molecule has 0 saturated carbocycles. The van der Waals surface area contributed by atoms with Crippen molar-refractivity contribution in [2.24, 2.45) is 0 Å². The summed E-state index contributed by atoms with van der Waals surface area (Å²) in [7, 11) is 0. The lowest BCUT2D eigenvalue weighted by molar-refractivity contribution is -0.147. The van der Waals surface area contributed by atoms with Gasteiger partial charge in [-0.05, 0) is 76.4 Å². The topological polar surface area (TPSA) is 63.6 Å². The van der Waals surface area contributed by atoms with E-state index < -0.39 is 0 Å². The Morgan fingerprint density at radius 1 is 1.10 bits per heavy atom. The van der Waals surface area contributed by atoms with Crippen LogP contribution in [-0.4, -0.2) is 29.1 Å². The number of carbonyl (C=O) groups is 2. The number of unbranched alkanes of at least 4 members (excludes halogenated alkanes) is 1. The number of aryl methyl sites for hydroxylation is 1. The second-order valence-corrected chi connectivity index (χ2v) is 8.33. The molecule has 4 heteroatoms. The van der Waals surface area contributed by atoms with Gasteiger partial charge in [0.1, 0.15) is 0 Å². The number of aliphatic hydroxyl groups is 1. The first-order valence-corrected chi connectivity index (χ1v) is 11.3. The first-order chi connectivity index (χ1) is 14.5. The van der Waals surface area contributed by atoms with Gasteiger partial charge < -0.3 is 9.84 Å². The third kappa shape index (κ3) is 9.08. The van der Waals surface area contributed by atoms with E-state index in [0.29, 0.717) is 25.7 Å². The van der Waals surface area contributed by atoms with Crippen LogP contribution in [0.3, 0.4) is 0 Å². The average molecular weight is 413 g/mol. The molecule has 1 atom stereocenters. The molecule has 1 aliphatic carbocycles. The number of hydrogen-bond donors (Lipinski definition) is 1. The molecular weight excluding hydrogens is 376 g/mol. The predicted octanol–water partition coefficient (Wildman–Crippen LogP) is 5.49. The molecule has 1 N–H and O–H groups in total. The average Bonchev–Trinajstić information content (AvgIpc) is 3.07. The van der Waals surface area contributed by atoms with Gasteiger partial charge in [-0.3, -0.25) is 9.59 Å². The Hall–Kier alpha value is -2.20. The molecule has 0 aromatic heterocycles. The van der Waals surface area contributed by atoms with Gasteiger partial charge in [-0.15, -0.1) is 0 Å². The maximum Gasteiger partial charge on any atom is 0.306 e. The van der Waals surface area contributed by atoms with Crippen molar-refractivity contribution in [3.8, 4) is 0 Å². The number of ketones is 1. The van der Waals surface area contributed by atoms with Crippen LogP contribution >= 0.6 is 0 Å². The van der Waals surface area contributed by atoms with E-state index in [4.69, 9.17) is 4.74 Å². The summed E-state index contributed by atoms with van der Waals surface area (Å²) in [4.78, 5) is 23.8. The quantitative estimate of drug-likeness (QED) is 0.264. The van der Waals surface area contributed by atoms with E-state index in [0.717, 1.165) is 44.1 Å². The highest BCUT2D eigenvalue weighted by Gasteiger charge is 2.22. The number of allylic oxidation sites excluding steroid dienone is 4. The highest BCUT2D eigenvalue weighted by Crippen LogP contribution is 2.30. The Bertz CT molecular complexity index is 731. The van der Waals surface area contributed by atoms with Crippen LogP contribution in [0.5, 0.6) is 0 Å². The van der Waals surface area contributed by atoms with Gasteiger partial charge in [0.25, 0.3) is 0 Å². The molecule has 0 aliphatic heterocycles. The van der Waals surface area contributed by atoms with Gasteiger partial charge in [0.15, 0.2) is 5.78 Å². The minimum absolute atomic E-state index is 0.0661. The van der Waals surface area contributed by atoms with Crippen molar-refractivity contribution < 1.29 is 19.4 Å². The zero-order valence-electron chi connectivity index (χ0n) is 18.4. The lowest BCUT2D eigenvalue weighted by atomic mass is 9.98. The third-order valence-corrected chi connectivity index (χ3v) is 5.41. The van der Waals surface area contributed by atoms with Crippen LogP contribution in [0.25, 0.3) is 0 Å². The van der Waals surface area contributed by atoms with Gasteiger partial charge in [0.05, 0.1) is 12.2 Å². The van der Waals surface area contributed by atoms with E-state index in [1.165, 1.54) is 11.1 Å². The lowest BCUT2D eigenvalue weighted by Crippen LogP contribution is -2.10. The van der Waals surface area contributed by atoms with Crippen LogP contribution in [0.1, 0.15) is 77.2 Å². The summed E-state index contributed by atoms with van der Waals surface area (Å²) in [6, 6.07) is 10.2. The fourth-order valence-electron chi connectivity index (χ4n) is 3.77. The molecule has 1 unspecified atom stereocenters. The summed E-state index contributed by atoms with van der Waals surface area (Å²) in [5.74, 6) is 0.0918. The van der Waals surface area contributed by atoms with Crippen molar-refractivity contribution in [1.29, 1.82) is 0 Å². The Morgan fingerprint density at radius 3 is 2.57 bits per heavy atom. The van der Waals surface area contributed by atoms with Crippen molar-refractivity contribution in [3.05, 3.63) is 59.2 Å². The monoisotopic (exact) mass is 412 g/mol. The van der Waals surface area contributed by atoms with Crippen molar-refractivity contribution in [2.75, 3.05) is 0 Å². The molecular formula is C26H36O4. The van der Waals surface area contributed by atoms with Gasteiger partial charge in [-0.2, -0.15) is 0 Å². The highest BCUT2D eigenvalue weighted by atomic mass is 16.5. The van der Waals surface area contributed by atoms with Gasteiger partial charge in [-0.25, -0.2) is 0 Å². The molecule has 1 aromatic rings. The zero-order valence-corrected chi connectivity index (χ0v) is 18.4. The molecule has 0 amide bonds. The largest absolute Gasteiger partial charge is 0.463 e. The molecule has 1 aromatic carbocycles. The van der Waals surface area contributed by atoms with Crippen molar-refractivity contribution in [1.82, 2.24) is 0 Å². The zero-order chi connectivity index (χ0) is 21.8. The van der Waals surface area contributed by atoms with Crippen molar-refractivity contribution in [2.45, 2.75) is 90.3 Å². The Kier molecular flexibility index (Phi) is 10.6. The third-order valence-electron chi connectivity index (χ3n) is 5.41. The highest BCUT2D eigenvalue weighted by molar-refractivity contribution is 5.98. The second kappa shape index (κ2) is 13.2. The molecule has 0 bridgehead atoms. The van der Waals surface area contributed by atoms with E-state index >= 15 is 0 Å². The Balaban J connectivity index is 1.71. The summed E-state index contributed by atoms with van der Waals surface area (Å²) in [5, 5.41) is 10.3. The molecule has 1 aliphatic rings. The molecule has 0 heterocycles. The molecule has 30 heavy (non-hydrogen) atoms. The molecule has 0 spiro atoms. The normalized spacial score (nSPS) is 15.4. The fourth-order valence-corrected chi connectivity index (χ4v) is 3.77. The number of benzene rings is 1. The molecule has 2 rings (SSSR count). The van der Waals surface area contributed by atoms with Crippen LogP contribution < -0.4 is 0 Å². The molecule has 0 fully saturated rings. The maximum atomic E-state index is 12.2. The predicted molar refractivity (Wildman–Crippen MR) is 120 cm³/mol. The molecule has 4 nitrogen and oxygen atoms in total. The van der Waals surface area contributed by atoms with E-state index in [-0.39, 0.29) is 24.0 Å². The summed E-state index contributed by atoms with van der Waals surface area (Å²) < 4.78 is 5.12. The first-order valence-electron chi connectivity index (χ1n) is 11.3. The Labute approximate surface area is 181 Å². The van der Waals surface area contributed by atoms with Crippen molar-refractivity contribution >= 4 is 11.8 Å². The number of carbonyl (C=O) groups excluding carboxylic acids is 2. The standard InChI is InChI=1S/C26H36O4/c1-20(2)30-26(29)13-9-4-3-8-12-24-22(16-19-25(24)28)15-18-23(27)17-14-21-10-6-5-7-11-21/h3,5-8,10-11,20,23,27H,4,9,12-19H2,1-2H3. The molecule has 0 saturated heterocycles. The number of hydrogen-bond acceptors (Lipinski definition) is 4. The minimum atomic E-state index is -0.337. The number of Topliss-reactive ketones (excluding diaryl/α,β-unsaturated/α-hetero) is 1. The number of rotatable bonds is 13. The summed E-state index contributed by atoms with van der Waals surface area (Å²) in [6.07, 6.45) is 10.9. The van der Waals surface area contributed by atoms with Gasteiger partial charge in [0, 0.05) is 12.8 Å². The minimum Gasteiger partial charge on any atom is -0.463 e. The maximum absolute atomic E-state index is 12.2. The van der Waals surface area contributed by atoms with Crippen LogP contribution in [0.2, 0.25) is 0 Å². The van der Waals surface area contributed by atoms with Crippen LogP contribution in [0.15, 0.2) is 53.6 Å². The van der Waals surface area contributed by atoms with Gasteiger partial charge in [-0.1, -0.05) is 48.1 Å². The van der Waals surface area contributed by atoms with Crippen LogP contribution in [0.4, 0.5) is 0 Å². The number of ether oxygens (including phenoxy) is 1.